The van der Waals surface area contributed by atoms with Crippen LogP contribution in [0.15, 0.2) is 40.9 Å². The van der Waals surface area contributed by atoms with Crippen LogP contribution in [0.3, 0.4) is 0 Å². The number of ketones is 1. The lowest BCUT2D eigenvalue weighted by Crippen LogP contribution is -2.08. The molecule has 0 radical (unpaired) electrons. The number of ether oxygens (including phenoxy) is 1. The number of nitrogens with two attached hydrogens (primary N) is 1. The lowest BCUT2D eigenvalue weighted by Gasteiger charge is -2.10. The topological polar surface area (TPSA) is 52.3 Å². The number of rotatable bonds is 3. The molecule has 0 bridgehead atoms. The summed E-state index contributed by atoms with van der Waals surface area (Å²) in [6.45, 7) is 0. The predicted octanol–water partition coefficient (Wildman–Crippen LogP) is 3.41. The fourth-order valence-electron chi connectivity index (χ4n) is 1.74. The maximum absolute atomic E-state index is 13.9. The largest absolute Gasteiger partial charge is 0.495 e. The minimum Gasteiger partial charge on any atom is -0.495 e. The number of carbonyl (C=O) groups is 1. The third kappa shape index (κ3) is 2.46. The molecule has 0 aliphatic rings. The predicted molar refractivity (Wildman–Crippen MR) is 74.9 cm³/mol. The normalized spacial score (nSPS) is 10.3. The minimum atomic E-state index is -0.602. The Labute approximate surface area is 118 Å². The van der Waals surface area contributed by atoms with Crippen molar-refractivity contribution >= 4 is 27.4 Å². The van der Waals surface area contributed by atoms with Gasteiger partial charge in [0.25, 0.3) is 0 Å². The molecule has 0 aliphatic heterocycles. The maximum atomic E-state index is 13.9. The highest BCUT2D eigenvalue weighted by molar-refractivity contribution is 9.10. The van der Waals surface area contributed by atoms with E-state index in [0.717, 1.165) is 0 Å². The molecule has 0 amide bonds. The Morgan fingerprint density at radius 1 is 1.21 bits per heavy atom. The van der Waals surface area contributed by atoms with E-state index in [-0.39, 0.29) is 21.3 Å². The Bertz CT molecular complexity index is 643. The minimum absolute atomic E-state index is 0.0330. The van der Waals surface area contributed by atoms with E-state index in [1.165, 1.54) is 19.2 Å². The van der Waals surface area contributed by atoms with E-state index in [1.807, 2.05) is 0 Å². The van der Waals surface area contributed by atoms with E-state index in [0.29, 0.717) is 5.75 Å². The standard InChI is InChI=1S/C14H11BrFNO2/c1-19-11-7-3-5-9(13(11)17)14(18)8-4-2-6-10(15)12(8)16/h2-7H,17H2,1H3. The molecule has 5 heteroatoms. The summed E-state index contributed by atoms with van der Waals surface area (Å²) in [6.07, 6.45) is 0. The van der Waals surface area contributed by atoms with Crippen LogP contribution in [0.2, 0.25) is 0 Å². The van der Waals surface area contributed by atoms with Crippen LogP contribution < -0.4 is 10.5 Å². The lowest BCUT2D eigenvalue weighted by molar-refractivity contribution is 0.103. The third-order valence-corrected chi connectivity index (χ3v) is 3.34. The molecule has 0 saturated carbocycles. The molecular formula is C14H11BrFNO2. The van der Waals surface area contributed by atoms with Gasteiger partial charge in [0.15, 0.2) is 5.78 Å². The molecule has 19 heavy (non-hydrogen) atoms. The van der Waals surface area contributed by atoms with Crippen molar-refractivity contribution in [3.8, 4) is 5.75 Å². The number of hydrogen-bond donors (Lipinski definition) is 1. The zero-order chi connectivity index (χ0) is 14.0. The average molecular weight is 324 g/mol. The van der Waals surface area contributed by atoms with Gasteiger partial charge in [0.1, 0.15) is 11.6 Å². The maximum Gasteiger partial charge on any atom is 0.198 e. The number of carbonyl (C=O) groups excluding carboxylic acids is 1. The number of benzene rings is 2. The molecular weight excluding hydrogens is 313 g/mol. The van der Waals surface area contributed by atoms with Crippen molar-refractivity contribution in [2.24, 2.45) is 0 Å². The number of nitrogen functional groups attached to an aromatic ring is 1. The van der Waals surface area contributed by atoms with Crippen LogP contribution in [-0.2, 0) is 0 Å². The molecule has 0 spiro atoms. The van der Waals surface area contributed by atoms with Gasteiger partial charge in [0.2, 0.25) is 0 Å². The fraction of sp³-hybridized carbons (Fsp3) is 0.0714. The van der Waals surface area contributed by atoms with Gasteiger partial charge < -0.3 is 10.5 Å². The first-order valence-electron chi connectivity index (χ1n) is 5.47. The SMILES string of the molecule is COc1cccc(C(=O)c2cccc(Br)c2F)c1N. The summed E-state index contributed by atoms with van der Waals surface area (Å²) >= 11 is 3.05. The van der Waals surface area contributed by atoms with Crippen molar-refractivity contribution in [2.75, 3.05) is 12.8 Å². The van der Waals surface area contributed by atoms with Gasteiger partial charge in [-0.05, 0) is 40.2 Å². The number of para-hydroxylation sites is 1. The molecule has 0 aliphatic carbocycles. The van der Waals surface area contributed by atoms with E-state index in [1.54, 1.807) is 24.3 Å². The second kappa shape index (κ2) is 5.40. The van der Waals surface area contributed by atoms with Crippen LogP contribution in [0, 0.1) is 5.82 Å². The van der Waals surface area contributed by atoms with E-state index in [4.69, 9.17) is 10.5 Å². The molecule has 0 fully saturated rings. The van der Waals surface area contributed by atoms with E-state index in [9.17, 15) is 9.18 Å². The number of hydrogen-bond acceptors (Lipinski definition) is 3. The summed E-state index contributed by atoms with van der Waals surface area (Å²) < 4.78 is 19.2. The first-order valence-corrected chi connectivity index (χ1v) is 6.26. The number of halogens is 2. The number of methoxy groups -OCH3 is 1. The van der Waals surface area contributed by atoms with Crippen LogP contribution in [0.4, 0.5) is 10.1 Å². The highest BCUT2D eigenvalue weighted by Gasteiger charge is 2.19. The van der Waals surface area contributed by atoms with Crippen molar-refractivity contribution in [3.63, 3.8) is 0 Å². The Kier molecular flexibility index (Phi) is 3.85. The van der Waals surface area contributed by atoms with Crippen LogP contribution in [0.1, 0.15) is 15.9 Å². The van der Waals surface area contributed by atoms with E-state index in [2.05, 4.69) is 15.9 Å². The molecule has 0 unspecified atom stereocenters. The second-order valence-corrected chi connectivity index (χ2v) is 4.71. The van der Waals surface area contributed by atoms with Crippen LogP contribution >= 0.6 is 15.9 Å². The van der Waals surface area contributed by atoms with Crippen molar-refractivity contribution in [2.45, 2.75) is 0 Å². The van der Waals surface area contributed by atoms with Gasteiger partial charge in [-0.3, -0.25) is 4.79 Å². The zero-order valence-electron chi connectivity index (χ0n) is 10.1. The van der Waals surface area contributed by atoms with Crippen LogP contribution in [-0.4, -0.2) is 12.9 Å². The fourth-order valence-corrected chi connectivity index (χ4v) is 2.11. The van der Waals surface area contributed by atoms with Crippen LogP contribution in [0.5, 0.6) is 5.75 Å². The first kappa shape index (κ1) is 13.5. The molecule has 0 heterocycles. The second-order valence-electron chi connectivity index (χ2n) is 3.85. The van der Waals surface area contributed by atoms with Crippen molar-refractivity contribution in [1.82, 2.24) is 0 Å². The lowest BCUT2D eigenvalue weighted by atomic mass is 10.0. The molecule has 0 saturated heterocycles. The van der Waals surface area contributed by atoms with Gasteiger partial charge in [0.05, 0.1) is 22.8 Å². The quantitative estimate of drug-likeness (QED) is 0.695. The van der Waals surface area contributed by atoms with E-state index < -0.39 is 11.6 Å². The highest BCUT2D eigenvalue weighted by atomic mass is 79.9. The molecule has 0 atom stereocenters. The van der Waals surface area contributed by atoms with Crippen molar-refractivity contribution in [3.05, 3.63) is 57.8 Å². The van der Waals surface area contributed by atoms with Gasteiger partial charge in [-0.2, -0.15) is 0 Å². The Morgan fingerprint density at radius 2 is 1.84 bits per heavy atom. The summed E-state index contributed by atoms with van der Waals surface area (Å²) in [7, 11) is 1.46. The van der Waals surface area contributed by atoms with Gasteiger partial charge in [-0.15, -0.1) is 0 Å². The van der Waals surface area contributed by atoms with Crippen LogP contribution in [0.25, 0.3) is 0 Å². The van der Waals surface area contributed by atoms with Crippen molar-refractivity contribution in [1.29, 1.82) is 0 Å². The van der Waals surface area contributed by atoms with Crippen molar-refractivity contribution < 1.29 is 13.9 Å². The van der Waals surface area contributed by atoms with E-state index >= 15 is 0 Å². The smallest absolute Gasteiger partial charge is 0.198 e. The monoisotopic (exact) mass is 323 g/mol. The summed E-state index contributed by atoms with van der Waals surface area (Å²) in [5.41, 5.74) is 6.23. The molecule has 2 aromatic rings. The van der Waals surface area contributed by atoms with Gasteiger partial charge >= 0.3 is 0 Å². The first-order chi connectivity index (χ1) is 9.06. The summed E-state index contributed by atoms with van der Waals surface area (Å²) in [6, 6.07) is 9.36. The molecule has 0 aromatic heterocycles. The average Bonchev–Trinajstić information content (AvgIpc) is 2.41. The molecule has 3 nitrogen and oxygen atoms in total. The summed E-state index contributed by atoms with van der Waals surface area (Å²) in [5.74, 6) is -0.689. The van der Waals surface area contributed by atoms with Gasteiger partial charge in [-0.1, -0.05) is 12.1 Å². The molecule has 2 N–H and O–H groups in total. The zero-order valence-corrected chi connectivity index (χ0v) is 11.7. The number of anilines is 1. The highest BCUT2D eigenvalue weighted by Crippen LogP contribution is 2.28. The molecule has 98 valence electrons. The molecule has 2 aromatic carbocycles. The summed E-state index contributed by atoms with van der Waals surface area (Å²) in [5, 5.41) is 0. The summed E-state index contributed by atoms with van der Waals surface area (Å²) in [4.78, 5) is 12.3. The molecule has 2 rings (SSSR count). The third-order valence-electron chi connectivity index (χ3n) is 2.73. The Morgan fingerprint density at radius 3 is 2.53 bits per heavy atom. The van der Waals surface area contributed by atoms with Gasteiger partial charge in [0, 0.05) is 5.56 Å². The Balaban J connectivity index is 2.54. The van der Waals surface area contributed by atoms with Gasteiger partial charge in [-0.25, -0.2) is 4.39 Å². The Hall–Kier alpha value is -1.88.